The van der Waals surface area contributed by atoms with Crippen LogP contribution < -0.4 is 10.5 Å². The number of anilines is 1. The second kappa shape index (κ2) is 3.53. The molecule has 0 spiro atoms. The molecule has 0 radical (unpaired) electrons. The van der Waals surface area contributed by atoms with Gasteiger partial charge >= 0.3 is 0 Å². The quantitative estimate of drug-likeness (QED) is 0.726. The van der Waals surface area contributed by atoms with Gasteiger partial charge in [0.15, 0.2) is 0 Å². The predicted octanol–water partition coefficient (Wildman–Crippen LogP) is 0.830. The van der Waals surface area contributed by atoms with Gasteiger partial charge in [-0.05, 0) is 25.2 Å². The highest BCUT2D eigenvalue weighted by molar-refractivity contribution is 7.89. The maximum atomic E-state index is 11.3. The first-order valence-corrected chi connectivity index (χ1v) is 5.32. The van der Waals surface area contributed by atoms with Crippen LogP contribution in [0, 0.1) is 0 Å². The summed E-state index contributed by atoms with van der Waals surface area (Å²) in [6.07, 6.45) is 0. The number of nitrogens with two attached hydrogens (primary N) is 1. The molecule has 0 saturated carbocycles. The molecule has 3 N–H and O–H groups in total. The molecule has 0 aliphatic rings. The van der Waals surface area contributed by atoms with E-state index in [1.165, 1.54) is 25.2 Å². The topological polar surface area (TPSA) is 72.2 Å². The first-order valence-electron chi connectivity index (χ1n) is 3.46. The molecule has 0 atom stereocenters. The van der Waals surface area contributed by atoms with E-state index in [1.54, 1.807) is 0 Å². The van der Waals surface area contributed by atoms with Crippen molar-refractivity contribution in [3.63, 3.8) is 0 Å². The molecule has 0 saturated heterocycles. The van der Waals surface area contributed by atoms with E-state index in [1.807, 2.05) is 0 Å². The lowest BCUT2D eigenvalue weighted by atomic mass is 10.3. The van der Waals surface area contributed by atoms with Crippen LogP contribution in [0.3, 0.4) is 0 Å². The predicted molar refractivity (Wildman–Crippen MR) is 52.1 cm³/mol. The third kappa shape index (κ3) is 2.12. The Morgan fingerprint density at radius 3 is 2.62 bits per heavy atom. The van der Waals surface area contributed by atoms with Crippen LogP contribution in [0.2, 0.25) is 5.02 Å². The third-order valence-corrected chi connectivity index (χ3v) is 3.24. The largest absolute Gasteiger partial charge is 0.398 e. The fourth-order valence-electron chi connectivity index (χ4n) is 0.851. The highest BCUT2D eigenvalue weighted by atomic mass is 35.5. The molecule has 0 fully saturated rings. The van der Waals surface area contributed by atoms with Gasteiger partial charge in [-0.25, -0.2) is 13.1 Å². The highest BCUT2D eigenvalue weighted by Gasteiger charge is 2.14. The van der Waals surface area contributed by atoms with Crippen molar-refractivity contribution in [1.29, 1.82) is 0 Å². The van der Waals surface area contributed by atoms with Gasteiger partial charge in [0.2, 0.25) is 10.0 Å². The Labute approximate surface area is 81.8 Å². The van der Waals surface area contributed by atoms with Crippen LogP contribution in [0.15, 0.2) is 23.1 Å². The Kier molecular flexibility index (Phi) is 2.80. The van der Waals surface area contributed by atoms with E-state index in [9.17, 15) is 8.42 Å². The molecule has 6 heteroatoms. The van der Waals surface area contributed by atoms with Gasteiger partial charge in [-0.15, -0.1) is 0 Å². The molecule has 0 aliphatic heterocycles. The van der Waals surface area contributed by atoms with Crippen LogP contribution in [0.4, 0.5) is 5.69 Å². The molecule has 13 heavy (non-hydrogen) atoms. The first-order chi connectivity index (χ1) is 5.97. The van der Waals surface area contributed by atoms with E-state index in [4.69, 9.17) is 17.3 Å². The summed E-state index contributed by atoms with van der Waals surface area (Å²) in [6.45, 7) is 0. The Bertz CT molecular complexity index is 417. The number of rotatable bonds is 2. The van der Waals surface area contributed by atoms with Crippen molar-refractivity contribution in [3.8, 4) is 0 Å². The van der Waals surface area contributed by atoms with E-state index >= 15 is 0 Å². The number of benzene rings is 1. The fourth-order valence-corrected chi connectivity index (χ4v) is 1.97. The molecule has 0 unspecified atom stereocenters. The van der Waals surface area contributed by atoms with Gasteiger partial charge < -0.3 is 5.73 Å². The molecule has 4 nitrogen and oxygen atoms in total. The van der Waals surface area contributed by atoms with E-state index in [-0.39, 0.29) is 10.6 Å². The zero-order valence-electron chi connectivity index (χ0n) is 6.91. The van der Waals surface area contributed by atoms with Crippen molar-refractivity contribution in [1.82, 2.24) is 4.72 Å². The van der Waals surface area contributed by atoms with Crippen LogP contribution in [-0.2, 0) is 10.0 Å². The smallest absolute Gasteiger partial charge is 0.242 e. The standard InChI is InChI=1S/C7H9ClN2O2S/c1-10-13(11,12)7-4-5(8)2-3-6(7)9/h2-4,10H,9H2,1H3. The van der Waals surface area contributed by atoms with E-state index in [0.29, 0.717) is 5.02 Å². The summed E-state index contributed by atoms with van der Waals surface area (Å²) < 4.78 is 24.8. The zero-order chi connectivity index (χ0) is 10.1. The molecule has 0 bridgehead atoms. The second-order valence-corrected chi connectivity index (χ2v) is 4.68. The monoisotopic (exact) mass is 220 g/mol. The summed E-state index contributed by atoms with van der Waals surface area (Å²) in [5, 5.41) is 0.336. The molecular weight excluding hydrogens is 212 g/mol. The fraction of sp³-hybridized carbons (Fsp3) is 0.143. The van der Waals surface area contributed by atoms with E-state index < -0.39 is 10.0 Å². The van der Waals surface area contributed by atoms with Crippen molar-refractivity contribution in [2.75, 3.05) is 12.8 Å². The molecule has 0 heterocycles. The van der Waals surface area contributed by atoms with Gasteiger partial charge in [0.1, 0.15) is 4.90 Å². The van der Waals surface area contributed by atoms with Crippen LogP contribution in [0.1, 0.15) is 0 Å². The first kappa shape index (κ1) is 10.3. The average Bonchev–Trinajstić information content (AvgIpc) is 2.09. The number of hydrogen-bond donors (Lipinski definition) is 2. The zero-order valence-corrected chi connectivity index (χ0v) is 8.48. The van der Waals surface area contributed by atoms with Crippen LogP contribution in [0.5, 0.6) is 0 Å². The van der Waals surface area contributed by atoms with Gasteiger partial charge in [-0.3, -0.25) is 0 Å². The summed E-state index contributed by atoms with van der Waals surface area (Å²) in [5.74, 6) is 0. The number of hydrogen-bond acceptors (Lipinski definition) is 3. The summed E-state index contributed by atoms with van der Waals surface area (Å²) in [4.78, 5) is 0.00231. The normalized spacial score (nSPS) is 11.5. The van der Waals surface area contributed by atoms with Crippen molar-refractivity contribution >= 4 is 27.3 Å². The third-order valence-electron chi connectivity index (χ3n) is 1.53. The Morgan fingerprint density at radius 1 is 1.46 bits per heavy atom. The lowest BCUT2D eigenvalue weighted by molar-refractivity contribution is 0.588. The highest BCUT2D eigenvalue weighted by Crippen LogP contribution is 2.21. The second-order valence-electron chi connectivity index (χ2n) is 2.39. The summed E-state index contributed by atoms with van der Waals surface area (Å²) in [7, 11) is -2.20. The summed E-state index contributed by atoms with van der Waals surface area (Å²) in [5.41, 5.74) is 5.65. The summed E-state index contributed by atoms with van der Waals surface area (Å²) >= 11 is 5.63. The molecule has 0 aliphatic carbocycles. The number of nitrogen functional groups attached to an aromatic ring is 1. The SMILES string of the molecule is CNS(=O)(=O)c1cc(Cl)ccc1N. The molecular formula is C7H9ClN2O2S. The number of nitrogens with one attached hydrogen (secondary N) is 1. The van der Waals surface area contributed by atoms with Crippen molar-refractivity contribution in [2.24, 2.45) is 0 Å². The van der Waals surface area contributed by atoms with E-state index in [2.05, 4.69) is 4.72 Å². The molecule has 0 amide bonds. The minimum atomic E-state index is -3.51. The lowest BCUT2D eigenvalue weighted by Crippen LogP contribution is -2.19. The van der Waals surface area contributed by atoms with Crippen LogP contribution >= 0.6 is 11.6 Å². The molecule has 72 valence electrons. The number of sulfonamides is 1. The van der Waals surface area contributed by atoms with Crippen LogP contribution in [0.25, 0.3) is 0 Å². The maximum absolute atomic E-state index is 11.3. The summed E-state index contributed by atoms with van der Waals surface area (Å²) in [6, 6.07) is 4.29. The Morgan fingerprint density at radius 2 is 2.08 bits per heavy atom. The Balaban J connectivity index is 3.38. The molecule has 1 rings (SSSR count). The Hall–Kier alpha value is -0.780. The van der Waals surface area contributed by atoms with Gasteiger partial charge in [-0.2, -0.15) is 0 Å². The minimum Gasteiger partial charge on any atom is -0.398 e. The lowest BCUT2D eigenvalue weighted by Gasteiger charge is -2.05. The van der Waals surface area contributed by atoms with Gasteiger partial charge in [0, 0.05) is 5.02 Å². The minimum absolute atomic E-state index is 0.00231. The molecule has 1 aromatic rings. The van der Waals surface area contributed by atoms with Crippen molar-refractivity contribution < 1.29 is 8.42 Å². The van der Waals surface area contributed by atoms with Crippen molar-refractivity contribution in [2.45, 2.75) is 4.90 Å². The van der Waals surface area contributed by atoms with Gasteiger partial charge in [0.25, 0.3) is 0 Å². The van der Waals surface area contributed by atoms with E-state index in [0.717, 1.165) is 0 Å². The van der Waals surface area contributed by atoms with Gasteiger partial charge in [-0.1, -0.05) is 11.6 Å². The number of halogens is 1. The average molecular weight is 221 g/mol. The molecule has 1 aromatic carbocycles. The maximum Gasteiger partial charge on any atom is 0.242 e. The van der Waals surface area contributed by atoms with Crippen molar-refractivity contribution in [3.05, 3.63) is 23.2 Å². The van der Waals surface area contributed by atoms with Crippen LogP contribution in [-0.4, -0.2) is 15.5 Å². The van der Waals surface area contributed by atoms with Gasteiger partial charge in [0.05, 0.1) is 5.69 Å². The molecule has 0 aromatic heterocycles.